The molecule has 0 aliphatic rings. The van der Waals surface area contributed by atoms with E-state index in [-0.39, 0.29) is 4.21 Å². The van der Waals surface area contributed by atoms with Crippen molar-refractivity contribution in [2.24, 2.45) is 0 Å². The van der Waals surface area contributed by atoms with Gasteiger partial charge in [0.1, 0.15) is 0 Å². The van der Waals surface area contributed by atoms with Gasteiger partial charge in [-0.1, -0.05) is 11.3 Å². The number of nitrogens with one attached hydrogen (secondary N) is 1. The van der Waals surface area contributed by atoms with E-state index in [9.17, 15) is 13.2 Å². The highest BCUT2D eigenvalue weighted by atomic mass is 32.2. The van der Waals surface area contributed by atoms with Crippen molar-refractivity contribution in [3.8, 4) is 0 Å². The monoisotopic (exact) mass is 219 g/mol. The number of aromatic nitrogens is 1. The Kier molecular flexibility index (Phi) is 2.67. The number of carbonyl (C=O) groups is 1. The summed E-state index contributed by atoms with van der Waals surface area (Å²) in [6, 6.07) is 0. The molecule has 0 atom stereocenters. The highest BCUT2D eigenvalue weighted by molar-refractivity contribution is 7.92. The second kappa shape index (κ2) is 3.43. The van der Waals surface area contributed by atoms with Gasteiger partial charge in [-0.15, -0.1) is 0 Å². The largest absolute Gasteiger partial charge is 0.275 e. The number of nitrogens with zero attached hydrogens (tertiary/aromatic N) is 1. The Morgan fingerprint density at radius 2 is 2.23 bits per heavy atom. The van der Waals surface area contributed by atoms with Gasteiger partial charge in [0.05, 0.1) is 5.69 Å². The molecule has 5 nitrogen and oxygen atoms in total. The van der Waals surface area contributed by atoms with E-state index in [1.54, 1.807) is 6.92 Å². The van der Waals surface area contributed by atoms with Gasteiger partial charge in [-0.25, -0.2) is 18.1 Å². The quantitative estimate of drug-likeness (QED) is 0.764. The second-order valence-electron chi connectivity index (χ2n) is 2.34. The lowest BCUT2D eigenvalue weighted by molar-refractivity contribution is -0.117. The van der Waals surface area contributed by atoms with E-state index >= 15 is 0 Å². The minimum absolute atomic E-state index is 0.0303. The number of aryl methyl sites for hydroxylation is 1. The molecule has 0 bridgehead atoms. The molecule has 0 aliphatic heterocycles. The van der Waals surface area contributed by atoms with Crippen molar-refractivity contribution < 1.29 is 13.2 Å². The molecule has 0 aromatic carbocycles. The van der Waals surface area contributed by atoms with Crippen LogP contribution in [0.2, 0.25) is 0 Å². The van der Waals surface area contributed by atoms with Crippen molar-refractivity contribution in [2.45, 2.75) is 18.1 Å². The minimum atomic E-state index is -3.72. The van der Waals surface area contributed by atoms with E-state index in [0.717, 1.165) is 18.3 Å². The number of amides is 1. The third kappa shape index (κ3) is 2.25. The van der Waals surface area contributed by atoms with Crippen LogP contribution in [0.4, 0.5) is 0 Å². The summed E-state index contributed by atoms with van der Waals surface area (Å²) in [5.74, 6) is -0.618. The summed E-state index contributed by atoms with van der Waals surface area (Å²) in [5.41, 5.74) is 2.78. The van der Waals surface area contributed by atoms with Crippen LogP contribution in [0, 0.1) is 12.4 Å². The molecule has 1 rings (SSSR count). The first kappa shape index (κ1) is 10.1. The number of hydrogen-bond donors (Lipinski definition) is 1. The van der Waals surface area contributed by atoms with Crippen LogP contribution in [0.25, 0.3) is 0 Å². The van der Waals surface area contributed by atoms with Gasteiger partial charge in [-0.3, -0.25) is 4.79 Å². The Morgan fingerprint density at radius 1 is 1.62 bits per heavy atom. The molecule has 0 saturated heterocycles. The summed E-state index contributed by atoms with van der Waals surface area (Å²) in [6.07, 6.45) is 0. The fourth-order valence-corrected chi connectivity index (χ4v) is 2.78. The molecular weight excluding hydrogens is 212 g/mol. The number of hydrogen-bond acceptors (Lipinski definition) is 5. The number of sulfonamides is 1. The van der Waals surface area contributed by atoms with Gasteiger partial charge in [0.25, 0.3) is 10.0 Å². The maximum Gasteiger partial charge on any atom is 0.275 e. The van der Waals surface area contributed by atoms with Crippen LogP contribution in [0.5, 0.6) is 0 Å². The summed E-state index contributed by atoms with van der Waals surface area (Å²) < 4.78 is 24.6. The summed E-state index contributed by atoms with van der Waals surface area (Å²) in [6.45, 7) is 2.68. The number of rotatable bonds is 2. The Labute approximate surface area is 79.9 Å². The van der Waals surface area contributed by atoms with E-state index in [0.29, 0.717) is 5.69 Å². The van der Waals surface area contributed by atoms with Crippen molar-refractivity contribution in [1.82, 2.24) is 9.71 Å². The average Bonchev–Trinajstić information content (AvgIpc) is 2.32. The molecule has 1 amide bonds. The molecule has 0 saturated carbocycles. The zero-order chi connectivity index (χ0) is 10.1. The van der Waals surface area contributed by atoms with Gasteiger partial charge in [0.2, 0.25) is 5.91 Å². The first-order chi connectivity index (χ1) is 5.93. The van der Waals surface area contributed by atoms with E-state index in [4.69, 9.17) is 0 Å². The second-order valence-corrected chi connectivity index (χ2v) is 5.01. The first-order valence-corrected chi connectivity index (χ1v) is 5.60. The van der Waals surface area contributed by atoms with Gasteiger partial charge >= 0.3 is 0 Å². The maximum absolute atomic E-state index is 11.3. The molecule has 1 heterocycles. The molecule has 13 heavy (non-hydrogen) atoms. The van der Waals surface area contributed by atoms with Crippen LogP contribution in [0.3, 0.4) is 0 Å². The average molecular weight is 219 g/mol. The zero-order valence-electron chi connectivity index (χ0n) is 6.99. The van der Waals surface area contributed by atoms with Crippen LogP contribution in [-0.4, -0.2) is 19.3 Å². The van der Waals surface area contributed by atoms with Crippen LogP contribution >= 0.6 is 11.3 Å². The molecule has 1 radical (unpaired) electrons. The SMILES string of the molecule is CC(=O)NS(=O)(=O)c1s[c]nc1C. The fourth-order valence-electron chi connectivity index (χ4n) is 0.737. The predicted molar refractivity (Wildman–Crippen MR) is 46.7 cm³/mol. The van der Waals surface area contributed by atoms with Crippen molar-refractivity contribution >= 4 is 27.3 Å². The normalized spacial score (nSPS) is 11.2. The summed E-state index contributed by atoms with van der Waals surface area (Å²) in [7, 11) is -3.72. The Bertz CT molecular complexity index is 421. The van der Waals surface area contributed by atoms with Crippen LogP contribution in [-0.2, 0) is 14.8 Å². The van der Waals surface area contributed by atoms with Crippen LogP contribution in [0.15, 0.2) is 4.21 Å². The topological polar surface area (TPSA) is 76.1 Å². The van der Waals surface area contributed by atoms with Gasteiger partial charge in [0.15, 0.2) is 9.72 Å². The summed E-state index contributed by atoms with van der Waals surface area (Å²) >= 11 is 0.860. The standard InChI is InChI=1S/C6H7N2O3S2/c1-4-6(12-3-7-4)13(10,11)8-5(2)9/h1-2H3,(H,8,9). The third-order valence-corrected chi connectivity index (χ3v) is 4.08. The van der Waals surface area contributed by atoms with Gasteiger partial charge < -0.3 is 0 Å². The van der Waals surface area contributed by atoms with E-state index in [1.807, 2.05) is 4.72 Å². The van der Waals surface area contributed by atoms with Crippen LogP contribution < -0.4 is 4.72 Å². The molecular formula is C6H7N2O3S2. The fraction of sp³-hybridized carbons (Fsp3) is 0.333. The third-order valence-electron chi connectivity index (χ3n) is 1.17. The minimum Gasteiger partial charge on any atom is -0.274 e. The van der Waals surface area contributed by atoms with E-state index in [1.165, 1.54) is 0 Å². The smallest absolute Gasteiger partial charge is 0.274 e. The van der Waals surface area contributed by atoms with Crippen molar-refractivity contribution in [1.29, 1.82) is 0 Å². The van der Waals surface area contributed by atoms with E-state index in [2.05, 4.69) is 10.5 Å². The molecule has 1 aromatic heterocycles. The lowest BCUT2D eigenvalue weighted by Gasteiger charge is -2.01. The predicted octanol–water partition coefficient (Wildman–Crippen LogP) is 0.0765. The lowest BCUT2D eigenvalue weighted by atomic mass is 10.6. The van der Waals surface area contributed by atoms with Gasteiger partial charge in [-0.2, -0.15) is 0 Å². The Balaban J connectivity index is 3.09. The van der Waals surface area contributed by atoms with Crippen molar-refractivity contribution in [3.63, 3.8) is 0 Å². The lowest BCUT2D eigenvalue weighted by Crippen LogP contribution is -2.27. The zero-order valence-corrected chi connectivity index (χ0v) is 8.62. The first-order valence-electron chi connectivity index (χ1n) is 3.30. The number of carbonyl (C=O) groups excluding carboxylic acids is 1. The summed E-state index contributed by atoms with van der Waals surface area (Å²) in [4.78, 5) is 14.2. The molecule has 1 aromatic rings. The molecule has 7 heteroatoms. The Hall–Kier alpha value is -0.950. The number of thiazole rings is 1. The molecule has 0 unspecified atom stereocenters. The highest BCUT2D eigenvalue weighted by Crippen LogP contribution is 2.17. The molecule has 0 fully saturated rings. The molecule has 71 valence electrons. The van der Waals surface area contributed by atoms with Crippen molar-refractivity contribution in [3.05, 3.63) is 11.2 Å². The maximum atomic E-state index is 11.3. The molecule has 0 spiro atoms. The summed E-state index contributed by atoms with van der Waals surface area (Å²) in [5, 5.41) is 0. The van der Waals surface area contributed by atoms with E-state index < -0.39 is 15.9 Å². The van der Waals surface area contributed by atoms with Gasteiger partial charge in [-0.05, 0) is 6.92 Å². The van der Waals surface area contributed by atoms with Crippen molar-refractivity contribution in [2.75, 3.05) is 0 Å². The highest BCUT2D eigenvalue weighted by Gasteiger charge is 2.20. The van der Waals surface area contributed by atoms with Gasteiger partial charge in [0, 0.05) is 6.92 Å². The molecule has 1 N–H and O–H groups in total. The molecule has 0 aliphatic carbocycles. The van der Waals surface area contributed by atoms with Crippen LogP contribution in [0.1, 0.15) is 12.6 Å². The Morgan fingerprint density at radius 3 is 2.62 bits per heavy atom.